The zero-order chi connectivity index (χ0) is 16.7. The van der Waals surface area contributed by atoms with Crippen LogP contribution in [-0.2, 0) is 11.3 Å². The van der Waals surface area contributed by atoms with Crippen LogP contribution in [0.4, 0.5) is 10.5 Å². The van der Waals surface area contributed by atoms with Gasteiger partial charge in [0, 0.05) is 12.2 Å². The molecule has 0 aliphatic heterocycles. The Labute approximate surface area is 140 Å². The number of amides is 1. The van der Waals surface area contributed by atoms with Gasteiger partial charge < -0.3 is 15.8 Å². The van der Waals surface area contributed by atoms with Crippen LogP contribution >= 0.6 is 11.6 Å². The number of carbonyl (C=O) groups is 1. The standard InChI is InChI=1S/C18H19ClN2O2/c1-13-16(20)10-9-15(17(13)19)8-5-11-21-18(22)23-12-14-6-3-2-4-7-14/h2-10H,11-12,20H2,1H3,(H,21,22). The Morgan fingerprint density at radius 1 is 1.26 bits per heavy atom. The fraction of sp³-hybridized carbons (Fsp3) is 0.167. The maximum absolute atomic E-state index is 11.6. The molecule has 0 spiro atoms. The van der Waals surface area contributed by atoms with Gasteiger partial charge in [0.2, 0.25) is 0 Å². The van der Waals surface area contributed by atoms with E-state index in [9.17, 15) is 4.79 Å². The first-order valence-corrected chi connectivity index (χ1v) is 7.61. The van der Waals surface area contributed by atoms with Gasteiger partial charge >= 0.3 is 6.09 Å². The van der Waals surface area contributed by atoms with Gasteiger partial charge in [-0.2, -0.15) is 0 Å². The van der Waals surface area contributed by atoms with Crippen LogP contribution in [0.3, 0.4) is 0 Å². The molecule has 0 saturated heterocycles. The van der Waals surface area contributed by atoms with E-state index in [0.29, 0.717) is 17.3 Å². The second-order valence-corrected chi connectivity index (χ2v) is 5.41. The van der Waals surface area contributed by atoms with E-state index in [0.717, 1.165) is 16.7 Å². The molecule has 1 amide bonds. The van der Waals surface area contributed by atoms with Gasteiger partial charge in [0.05, 0.1) is 5.02 Å². The number of hydrogen-bond donors (Lipinski definition) is 2. The number of hydrogen-bond acceptors (Lipinski definition) is 3. The third kappa shape index (κ3) is 5.04. The summed E-state index contributed by atoms with van der Waals surface area (Å²) in [5, 5.41) is 3.27. The third-order valence-electron chi connectivity index (χ3n) is 3.33. The fourth-order valence-electron chi connectivity index (χ4n) is 1.95. The quantitative estimate of drug-likeness (QED) is 0.809. The average Bonchev–Trinajstić information content (AvgIpc) is 2.57. The van der Waals surface area contributed by atoms with Crippen LogP contribution in [0.2, 0.25) is 5.02 Å². The zero-order valence-corrected chi connectivity index (χ0v) is 13.6. The summed E-state index contributed by atoms with van der Waals surface area (Å²) >= 11 is 6.21. The van der Waals surface area contributed by atoms with Crippen molar-refractivity contribution in [1.29, 1.82) is 0 Å². The second-order valence-electron chi connectivity index (χ2n) is 5.03. The van der Waals surface area contributed by atoms with Crippen molar-refractivity contribution in [3.8, 4) is 0 Å². The Bertz CT molecular complexity index is 700. The van der Waals surface area contributed by atoms with E-state index in [1.807, 2.05) is 55.5 Å². The van der Waals surface area contributed by atoms with Crippen LogP contribution in [-0.4, -0.2) is 12.6 Å². The summed E-state index contributed by atoms with van der Waals surface area (Å²) in [7, 11) is 0. The van der Waals surface area contributed by atoms with Crippen LogP contribution in [0.15, 0.2) is 48.5 Å². The van der Waals surface area contributed by atoms with Crippen molar-refractivity contribution in [2.45, 2.75) is 13.5 Å². The van der Waals surface area contributed by atoms with Crippen LogP contribution in [0, 0.1) is 6.92 Å². The summed E-state index contributed by atoms with van der Waals surface area (Å²) in [5.74, 6) is 0. The van der Waals surface area contributed by atoms with Gasteiger partial charge in [-0.1, -0.05) is 60.2 Å². The lowest BCUT2D eigenvalue weighted by Gasteiger charge is -2.06. The number of anilines is 1. The minimum atomic E-state index is -0.460. The highest BCUT2D eigenvalue weighted by molar-refractivity contribution is 6.33. The maximum atomic E-state index is 11.6. The molecule has 0 aromatic heterocycles. The summed E-state index contributed by atoms with van der Waals surface area (Å²) in [4.78, 5) is 11.6. The van der Waals surface area contributed by atoms with E-state index >= 15 is 0 Å². The van der Waals surface area contributed by atoms with Crippen molar-refractivity contribution < 1.29 is 9.53 Å². The number of rotatable bonds is 5. The SMILES string of the molecule is Cc1c(N)ccc(C=CCNC(=O)OCc2ccccc2)c1Cl. The summed E-state index contributed by atoms with van der Waals surface area (Å²) in [6.07, 6.45) is 3.19. The van der Waals surface area contributed by atoms with Crippen LogP contribution in [0.25, 0.3) is 6.08 Å². The first kappa shape index (κ1) is 16.9. The van der Waals surface area contributed by atoms with Gasteiger partial charge in [0.1, 0.15) is 6.61 Å². The molecule has 0 aliphatic rings. The summed E-state index contributed by atoms with van der Waals surface area (Å²) < 4.78 is 5.11. The molecule has 2 aromatic carbocycles. The molecule has 0 saturated carbocycles. The topological polar surface area (TPSA) is 64.3 Å². The molecule has 4 nitrogen and oxygen atoms in total. The van der Waals surface area contributed by atoms with Crippen molar-refractivity contribution in [2.24, 2.45) is 0 Å². The number of nitrogens with two attached hydrogens (primary N) is 1. The normalized spacial score (nSPS) is 10.7. The molecule has 23 heavy (non-hydrogen) atoms. The maximum Gasteiger partial charge on any atom is 0.407 e. The third-order valence-corrected chi connectivity index (χ3v) is 3.83. The lowest BCUT2D eigenvalue weighted by Crippen LogP contribution is -2.24. The van der Waals surface area contributed by atoms with Gasteiger partial charge in [0.15, 0.2) is 0 Å². The van der Waals surface area contributed by atoms with E-state index in [4.69, 9.17) is 22.1 Å². The van der Waals surface area contributed by atoms with Crippen molar-refractivity contribution in [2.75, 3.05) is 12.3 Å². The molecular weight excluding hydrogens is 312 g/mol. The van der Waals surface area contributed by atoms with Gasteiger partial charge in [-0.25, -0.2) is 4.79 Å². The number of nitrogen functional groups attached to an aromatic ring is 1. The molecule has 0 unspecified atom stereocenters. The van der Waals surface area contributed by atoms with Crippen molar-refractivity contribution >= 4 is 29.5 Å². The minimum absolute atomic E-state index is 0.249. The summed E-state index contributed by atoms with van der Waals surface area (Å²) in [6, 6.07) is 13.2. The van der Waals surface area contributed by atoms with Gasteiger partial charge in [0.25, 0.3) is 0 Å². The minimum Gasteiger partial charge on any atom is -0.445 e. The molecule has 2 aromatic rings. The summed E-state index contributed by atoms with van der Waals surface area (Å²) in [5.41, 5.74) is 9.10. The average molecular weight is 331 g/mol. The largest absolute Gasteiger partial charge is 0.445 e. The lowest BCUT2D eigenvalue weighted by atomic mass is 10.1. The lowest BCUT2D eigenvalue weighted by molar-refractivity contribution is 0.141. The second kappa shape index (κ2) is 8.25. The molecule has 0 heterocycles. The highest BCUT2D eigenvalue weighted by Crippen LogP contribution is 2.26. The molecule has 0 bridgehead atoms. The first-order chi connectivity index (χ1) is 11.1. The monoisotopic (exact) mass is 330 g/mol. The van der Waals surface area contributed by atoms with Crippen molar-refractivity contribution in [3.63, 3.8) is 0 Å². The highest BCUT2D eigenvalue weighted by Gasteiger charge is 2.04. The van der Waals surface area contributed by atoms with E-state index in [-0.39, 0.29) is 6.61 Å². The van der Waals surface area contributed by atoms with Crippen molar-refractivity contribution in [3.05, 3.63) is 70.3 Å². The van der Waals surface area contributed by atoms with E-state index < -0.39 is 6.09 Å². The Morgan fingerprint density at radius 2 is 2.00 bits per heavy atom. The molecule has 0 atom stereocenters. The van der Waals surface area contributed by atoms with E-state index in [1.165, 1.54) is 0 Å². The van der Waals surface area contributed by atoms with Gasteiger partial charge in [-0.05, 0) is 29.7 Å². The number of carbonyl (C=O) groups excluding carboxylic acids is 1. The molecule has 0 radical (unpaired) electrons. The van der Waals surface area contributed by atoms with E-state index in [2.05, 4.69) is 5.32 Å². The molecule has 5 heteroatoms. The van der Waals surface area contributed by atoms with Crippen LogP contribution in [0.5, 0.6) is 0 Å². The van der Waals surface area contributed by atoms with Gasteiger partial charge in [-0.15, -0.1) is 0 Å². The molecular formula is C18H19ClN2O2. The Balaban J connectivity index is 1.78. The first-order valence-electron chi connectivity index (χ1n) is 7.23. The predicted octanol–water partition coefficient (Wildman–Crippen LogP) is 4.17. The number of alkyl carbamates (subject to hydrolysis) is 1. The molecule has 3 N–H and O–H groups in total. The molecule has 2 rings (SSSR count). The smallest absolute Gasteiger partial charge is 0.407 e. The number of halogens is 1. The Morgan fingerprint density at radius 3 is 2.74 bits per heavy atom. The molecule has 0 aliphatic carbocycles. The zero-order valence-electron chi connectivity index (χ0n) is 12.9. The van der Waals surface area contributed by atoms with Crippen molar-refractivity contribution in [1.82, 2.24) is 5.32 Å². The molecule has 120 valence electrons. The number of benzene rings is 2. The van der Waals surface area contributed by atoms with Crippen LogP contribution < -0.4 is 11.1 Å². The predicted molar refractivity (Wildman–Crippen MR) is 94.3 cm³/mol. The summed E-state index contributed by atoms with van der Waals surface area (Å²) in [6.45, 7) is 2.47. The fourth-order valence-corrected chi connectivity index (χ4v) is 2.19. The van der Waals surface area contributed by atoms with Gasteiger partial charge in [-0.3, -0.25) is 0 Å². The number of nitrogens with one attached hydrogen (secondary N) is 1. The molecule has 0 fully saturated rings. The highest BCUT2D eigenvalue weighted by atomic mass is 35.5. The van der Waals surface area contributed by atoms with E-state index in [1.54, 1.807) is 6.08 Å². The Hall–Kier alpha value is -2.46. The van der Waals surface area contributed by atoms with Crippen LogP contribution in [0.1, 0.15) is 16.7 Å². The number of ether oxygens (including phenoxy) is 1. The Kier molecular flexibility index (Phi) is 6.06.